The molecular weight excluding hydrogens is 272 g/mol. The molecule has 3 fully saturated rings. The molecule has 0 spiro atoms. The first-order chi connectivity index (χ1) is 11.9. The number of piperidine rings is 3. The van der Waals surface area contributed by atoms with Gasteiger partial charge in [0.15, 0.2) is 0 Å². The van der Waals surface area contributed by atoms with Gasteiger partial charge in [-0.1, -0.05) is 12.1 Å². The van der Waals surface area contributed by atoms with E-state index in [1.807, 2.05) is 23.1 Å². The average Bonchev–Trinajstić information content (AvgIpc) is 2.61. The SMILES string of the molecule is [2H]C1([2H])CC[C@@H]2CN([C@]3([2H])CN4CCC3CC4)C(=O)c3cccc1c32. The van der Waals surface area contributed by atoms with E-state index in [-0.39, 0.29) is 17.7 Å². The Bertz CT molecular complexity index is 744. The molecule has 4 aliphatic heterocycles. The van der Waals surface area contributed by atoms with Crippen molar-refractivity contribution in [2.45, 2.75) is 44.0 Å². The molecule has 2 atom stereocenters. The van der Waals surface area contributed by atoms with Crippen molar-refractivity contribution in [3.63, 3.8) is 0 Å². The Kier molecular flexibility index (Phi) is 2.29. The Morgan fingerprint density at radius 1 is 1.18 bits per heavy atom. The largest absolute Gasteiger partial charge is 0.333 e. The van der Waals surface area contributed by atoms with Crippen LogP contribution in [0.2, 0.25) is 0 Å². The van der Waals surface area contributed by atoms with E-state index in [9.17, 15) is 6.17 Å². The zero-order chi connectivity index (χ0) is 17.4. The van der Waals surface area contributed by atoms with E-state index in [1.165, 1.54) is 0 Å². The topological polar surface area (TPSA) is 23.6 Å². The van der Waals surface area contributed by atoms with Crippen molar-refractivity contribution in [3.8, 4) is 0 Å². The van der Waals surface area contributed by atoms with Crippen LogP contribution in [0.4, 0.5) is 0 Å². The molecule has 1 aliphatic carbocycles. The van der Waals surface area contributed by atoms with E-state index < -0.39 is 12.4 Å². The third-order valence-electron chi connectivity index (χ3n) is 5.99. The molecule has 5 aliphatic rings. The molecule has 2 bridgehead atoms. The Morgan fingerprint density at radius 3 is 2.82 bits per heavy atom. The number of hydrogen-bond donors (Lipinski definition) is 0. The predicted molar refractivity (Wildman–Crippen MR) is 86.1 cm³/mol. The minimum Gasteiger partial charge on any atom is -0.333 e. The van der Waals surface area contributed by atoms with Crippen molar-refractivity contribution in [2.24, 2.45) is 5.92 Å². The molecule has 4 heterocycles. The van der Waals surface area contributed by atoms with E-state index >= 15 is 0 Å². The van der Waals surface area contributed by atoms with Crippen LogP contribution >= 0.6 is 0 Å². The Hall–Kier alpha value is -1.35. The average molecular weight is 299 g/mol. The van der Waals surface area contributed by atoms with E-state index in [1.54, 1.807) is 0 Å². The van der Waals surface area contributed by atoms with Crippen molar-refractivity contribution < 1.29 is 8.91 Å². The minimum absolute atomic E-state index is 0.0606. The third-order valence-corrected chi connectivity index (χ3v) is 5.99. The number of amides is 1. The van der Waals surface area contributed by atoms with Crippen LogP contribution in [-0.2, 0) is 6.37 Å². The monoisotopic (exact) mass is 299 g/mol. The van der Waals surface area contributed by atoms with Gasteiger partial charge in [-0.2, -0.15) is 0 Å². The summed E-state index contributed by atoms with van der Waals surface area (Å²) in [6, 6.07) is 4.67. The number of hydrogen-bond acceptors (Lipinski definition) is 2. The van der Waals surface area contributed by atoms with E-state index in [2.05, 4.69) is 4.90 Å². The quantitative estimate of drug-likeness (QED) is 0.796. The highest BCUT2D eigenvalue weighted by Gasteiger charge is 2.43. The number of nitrogens with zero attached hydrogens (tertiary/aromatic N) is 2. The summed E-state index contributed by atoms with van der Waals surface area (Å²) in [5.41, 5.74) is 2.26. The molecule has 0 unspecified atom stereocenters. The summed E-state index contributed by atoms with van der Waals surface area (Å²) in [6.07, 6.45) is 1.92. The van der Waals surface area contributed by atoms with Crippen molar-refractivity contribution in [2.75, 3.05) is 26.2 Å². The predicted octanol–water partition coefficient (Wildman–Crippen LogP) is 2.66. The standard InChI is InChI=1S/C19H24N2O/c22-19-16-6-2-4-14-3-1-5-15(18(14)16)11-21(19)17-12-20-9-7-13(17)8-10-20/h2,4,6,13,15,17H,1,3,5,7-12H2/t15-,17-/m1/s1/i3D2,17D. The Balaban J connectivity index is 1.59. The summed E-state index contributed by atoms with van der Waals surface area (Å²) >= 11 is 0. The number of benzene rings is 1. The van der Waals surface area contributed by atoms with Gasteiger partial charge in [-0.15, -0.1) is 0 Å². The van der Waals surface area contributed by atoms with Gasteiger partial charge in [-0.3, -0.25) is 4.79 Å². The summed E-state index contributed by atoms with van der Waals surface area (Å²) in [7, 11) is 0. The molecule has 22 heavy (non-hydrogen) atoms. The molecular formula is C19H24N2O. The molecule has 1 aromatic carbocycles. The first-order valence-electron chi connectivity index (χ1n) is 10.1. The maximum atomic E-state index is 13.3. The zero-order valence-electron chi connectivity index (χ0n) is 15.8. The van der Waals surface area contributed by atoms with Crippen LogP contribution in [0.5, 0.6) is 0 Å². The first-order valence-corrected chi connectivity index (χ1v) is 8.58. The van der Waals surface area contributed by atoms with Crippen LogP contribution in [0.25, 0.3) is 0 Å². The molecule has 3 nitrogen and oxygen atoms in total. The van der Waals surface area contributed by atoms with Gasteiger partial charge < -0.3 is 9.80 Å². The molecule has 1 amide bonds. The Labute approximate surface area is 136 Å². The van der Waals surface area contributed by atoms with Crippen LogP contribution in [0.1, 0.15) is 57.2 Å². The van der Waals surface area contributed by atoms with Crippen molar-refractivity contribution >= 4 is 5.91 Å². The normalized spacial score (nSPS) is 44.0. The fraction of sp³-hybridized carbons (Fsp3) is 0.632. The van der Waals surface area contributed by atoms with Crippen molar-refractivity contribution in [1.29, 1.82) is 0 Å². The lowest BCUT2D eigenvalue weighted by Gasteiger charge is -2.51. The highest BCUT2D eigenvalue weighted by atomic mass is 16.2. The molecule has 0 radical (unpaired) electrons. The van der Waals surface area contributed by atoms with Gasteiger partial charge in [0.2, 0.25) is 0 Å². The van der Waals surface area contributed by atoms with E-state index in [0.717, 1.165) is 37.9 Å². The van der Waals surface area contributed by atoms with E-state index in [4.69, 9.17) is 2.74 Å². The van der Waals surface area contributed by atoms with Crippen LogP contribution in [0.3, 0.4) is 0 Å². The lowest BCUT2D eigenvalue weighted by molar-refractivity contribution is 0.00258. The van der Waals surface area contributed by atoms with Gasteiger partial charge in [0.05, 0.1) is 1.37 Å². The van der Waals surface area contributed by atoms with Gasteiger partial charge >= 0.3 is 0 Å². The summed E-state index contributed by atoms with van der Waals surface area (Å²) in [6.45, 7) is 3.34. The molecule has 0 N–H and O–H groups in total. The maximum absolute atomic E-state index is 13.3. The second-order valence-corrected chi connectivity index (χ2v) is 7.14. The maximum Gasteiger partial charge on any atom is 0.254 e. The molecule has 1 aromatic rings. The molecule has 6 rings (SSSR count). The first kappa shape index (κ1) is 10.4. The number of fused-ring (bicyclic) bond motifs is 3. The van der Waals surface area contributed by atoms with Gasteiger partial charge in [0.1, 0.15) is 0 Å². The van der Waals surface area contributed by atoms with Crippen molar-refractivity contribution in [1.82, 2.24) is 9.80 Å². The molecule has 3 saturated heterocycles. The van der Waals surface area contributed by atoms with Gasteiger partial charge in [0.25, 0.3) is 5.91 Å². The molecule has 0 saturated carbocycles. The minimum atomic E-state index is -1.35. The fourth-order valence-corrected chi connectivity index (χ4v) is 4.84. The van der Waals surface area contributed by atoms with Crippen molar-refractivity contribution in [3.05, 3.63) is 34.9 Å². The molecule has 116 valence electrons. The second-order valence-electron chi connectivity index (χ2n) is 7.14. The lowest BCUT2D eigenvalue weighted by atomic mass is 9.75. The summed E-state index contributed by atoms with van der Waals surface area (Å²) in [5.74, 6) is 0.376. The van der Waals surface area contributed by atoms with Gasteiger partial charge in [-0.05, 0) is 68.3 Å². The summed E-state index contributed by atoms with van der Waals surface area (Å²) in [4.78, 5) is 17.5. The summed E-state index contributed by atoms with van der Waals surface area (Å²) < 4.78 is 25.8. The van der Waals surface area contributed by atoms with Crippen LogP contribution < -0.4 is 0 Å². The van der Waals surface area contributed by atoms with Gasteiger partial charge in [-0.25, -0.2) is 0 Å². The van der Waals surface area contributed by atoms with Crippen LogP contribution in [0.15, 0.2) is 18.2 Å². The van der Waals surface area contributed by atoms with Crippen LogP contribution in [-0.4, -0.2) is 47.9 Å². The highest BCUT2D eigenvalue weighted by molar-refractivity contribution is 5.97. The second kappa shape index (κ2) is 4.82. The molecule has 0 aromatic heterocycles. The summed E-state index contributed by atoms with van der Waals surface area (Å²) in [5, 5.41) is 0. The lowest BCUT2D eigenvalue weighted by Crippen LogP contribution is -2.60. The Morgan fingerprint density at radius 2 is 2.05 bits per heavy atom. The number of aryl methyl sites for hydroxylation is 1. The number of rotatable bonds is 1. The smallest absolute Gasteiger partial charge is 0.254 e. The number of carbonyl (C=O) groups excluding carboxylic acids is 1. The fourth-order valence-electron chi connectivity index (χ4n) is 4.84. The number of carbonyl (C=O) groups is 1. The van der Waals surface area contributed by atoms with E-state index in [0.29, 0.717) is 30.6 Å². The zero-order valence-corrected chi connectivity index (χ0v) is 12.8. The highest BCUT2D eigenvalue weighted by Crippen LogP contribution is 2.41. The van der Waals surface area contributed by atoms with Crippen LogP contribution in [0, 0.1) is 5.92 Å². The third kappa shape index (κ3) is 1.81. The molecule has 3 heteroatoms. The van der Waals surface area contributed by atoms with Gasteiger partial charge in [0, 0.05) is 33.3 Å².